The second-order valence-corrected chi connectivity index (χ2v) is 7.22. The molecule has 0 bridgehead atoms. The van der Waals surface area contributed by atoms with Crippen molar-refractivity contribution in [1.82, 2.24) is 4.90 Å². The van der Waals surface area contributed by atoms with Gasteiger partial charge >= 0.3 is 0 Å². The fourth-order valence-electron chi connectivity index (χ4n) is 3.49. The molecule has 5 nitrogen and oxygen atoms in total. The third-order valence-corrected chi connectivity index (χ3v) is 5.40. The highest BCUT2D eigenvalue weighted by atomic mass is 79.9. The number of para-hydroxylation sites is 2. The molecule has 0 spiro atoms. The van der Waals surface area contributed by atoms with Crippen molar-refractivity contribution in [3.8, 4) is 5.75 Å². The van der Waals surface area contributed by atoms with Crippen LogP contribution in [0, 0.1) is 0 Å². The van der Waals surface area contributed by atoms with Gasteiger partial charge in [-0.3, -0.25) is 4.79 Å². The fraction of sp³-hybridized carbons (Fsp3) is 0.316. The summed E-state index contributed by atoms with van der Waals surface area (Å²) in [5.41, 5.74) is 2.09. The molecule has 0 unspecified atom stereocenters. The van der Waals surface area contributed by atoms with Crippen LogP contribution in [-0.4, -0.2) is 35.2 Å². The van der Waals surface area contributed by atoms with Gasteiger partial charge in [0.15, 0.2) is 0 Å². The van der Waals surface area contributed by atoms with Crippen molar-refractivity contribution < 1.29 is 14.6 Å². The number of hydrogen-bond donors (Lipinski definition) is 2. The minimum Gasteiger partial charge on any atom is -0.506 e. The van der Waals surface area contributed by atoms with Gasteiger partial charge in [-0.1, -0.05) is 24.3 Å². The molecule has 2 aromatic carbocycles. The standard InChI is InChI=1S/C19H19BrN2O3/c20-15-8-3-7-14(17(15)23)18-21-16-9-2-1-6-13(16)19(24)22(18)11-12-5-4-10-25-12/h1-3,6-9,12,18,21,23H,4-5,10-11H2/t12-,18-/m1/s1. The van der Waals surface area contributed by atoms with E-state index < -0.39 is 6.17 Å². The summed E-state index contributed by atoms with van der Waals surface area (Å²) in [6.45, 7) is 1.24. The van der Waals surface area contributed by atoms with Crippen LogP contribution >= 0.6 is 15.9 Å². The SMILES string of the molecule is O=C1c2ccccc2N[C@@H](c2cccc(Br)c2O)N1C[C@H]1CCCO1. The quantitative estimate of drug-likeness (QED) is 0.816. The summed E-state index contributed by atoms with van der Waals surface area (Å²) in [6, 6.07) is 12.9. The molecule has 2 atom stereocenters. The minimum atomic E-state index is -0.441. The van der Waals surface area contributed by atoms with Gasteiger partial charge in [0.1, 0.15) is 11.9 Å². The molecule has 2 aromatic rings. The van der Waals surface area contributed by atoms with E-state index in [2.05, 4.69) is 21.2 Å². The Balaban J connectivity index is 1.75. The first-order chi connectivity index (χ1) is 12.1. The monoisotopic (exact) mass is 402 g/mol. The number of benzene rings is 2. The normalized spacial score (nSPS) is 22.6. The number of hydrogen-bond acceptors (Lipinski definition) is 4. The molecule has 130 valence electrons. The Bertz CT molecular complexity index is 805. The van der Waals surface area contributed by atoms with Gasteiger partial charge in [0.2, 0.25) is 0 Å². The molecule has 25 heavy (non-hydrogen) atoms. The maximum atomic E-state index is 13.1. The molecule has 1 saturated heterocycles. The molecular formula is C19H19BrN2O3. The number of rotatable bonds is 3. The van der Waals surface area contributed by atoms with Crippen molar-refractivity contribution in [2.75, 3.05) is 18.5 Å². The third kappa shape index (κ3) is 3.00. The van der Waals surface area contributed by atoms with E-state index in [1.807, 2.05) is 36.4 Å². The molecule has 4 rings (SSSR count). The summed E-state index contributed by atoms with van der Waals surface area (Å²) in [5, 5.41) is 13.9. The van der Waals surface area contributed by atoms with Gasteiger partial charge in [0.25, 0.3) is 5.91 Å². The van der Waals surface area contributed by atoms with Crippen LogP contribution in [0.1, 0.15) is 34.9 Å². The van der Waals surface area contributed by atoms with Crippen LogP contribution in [-0.2, 0) is 4.74 Å². The lowest BCUT2D eigenvalue weighted by atomic mass is 10.0. The van der Waals surface area contributed by atoms with Crippen LogP contribution in [0.25, 0.3) is 0 Å². The van der Waals surface area contributed by atoms with Crippen LogP contribution in [0.15, 0.2) is 46.9 Å². The Morgan fingerprint density at radius 1 is 1.24 bits per heavy atom. The molecule has 2 N–H and O–H groups in total. The predicted molar refractivity (Wildman–Crippen MR) is 98.6 cm³/mol. The molecule has 0 saturated carbocycles. The Hall–Kier alpha value is -2.05. The smallest absolute Gasteiger partial charge is 0.257 e. The average molecular weight is 403 g/mol. The lowest BCUT2D eigenvalue weighted by Gasteiger charge is -2.39. The molecule has 0 aromatic heterocycles. The van der Waals surface area contributed by atoms with Gasteiger partial charge in [0.05, 0.1) is 16.1 Å². The summed E-state index contributed by atoms with van der Waals surface area (Å²) in [7, 11) is 0. The topological polar surface area (TPSA) is 61.8 Å². The van der Waals surface area contributed by atoms with Crippen molar-refractivity contribution in [1.29, 1.82) is 0 Å². The Morgan fingerprint density at radius 2 is 2.08 bits per heavy atom. The zero-order valence-corrected chi connectivity index (χ0v) is 15.2. The number of phenolic OH excluding ortho intramolecular Hbond substituents is 1. The number of halogens is 1. The Morgan fingerprint density at radius 3 is 2.88 bits per heavy atom. The first-order valence-corrected chi connectivity index (χ1v) is 9.20. The lowest BCUT2D eigenvalue weighted by molar-refractivity contribution is 0.0424. The van der Waals surface area contributed by atoms with Crippen molar-refractivity contribution in [2.24, 2.45) is 0 Å². The van der Waals surface area contributed by atoms with E-state index in [0.717, 1.165) is 25.1 Å². The lowest BCUT2D eigenvalue weighted by Crippen LogP contribution is -2.46. The molecule has 2 aliphatic rings. The predicted octanol–water partition coefficient (Wildman–Crippen LogP) is 3.90. The van der Waals surface area contributed by atoms with Crippen LogP contribution in [0.4, 0.5) is 5.69 Å². The molecule has 0 aliphatic carbocycles. The van der Waals surface area contributed by atoms with Gasteiger partial charge in [-0.05, 0) is 47.0 Å². The zero-order valence-electron chi connectivity index (χ0n) is 13.6. The number of aromatic hydroxyl groups is 1. The highest BCUT2D eigenvalue weighted by molar-refractivity contribution is 9.10. The van der Waals surface area contributed by atoms with Crippen molar-refractivity contribution in [3.63, 3.8) is 0 Å². The largest absolute Gasteiger partial charge is 0.506 e. The Labute approximate surface area is 154 Å². The maximum absolute atomic E-state index is 13.1. The van der Waals surface area contributed by atoms with E-state index in [-0.39, 0.29) is 17.8 Å². The molecule has 2 aliphatic heterocycles. The van der Waals surface area contributed by atoms with Gasteiger partial charge in [0, 0.05) is 24.4 Å². The number of phenols is 1. The summed E-state index contributed by atoms with van der Waals surface area (Å²) < 4.78 is 6.34. The number of carbonyl (C=O) groups excluding carboxylic acids is 1. The number of fused-ring (bicyclic) bond motifs is 1. The van der Waals surface area contributed by atoms with Crippen LogP contribution in [0.3, 0.4) is 0 Å². The number of nitrogens with zero attached hydrogens (tertiary/aromatic N) is 1. The summed E-state index contributed by atoms with van der Waals surface area (Å²) >= 11 is 3.36. The van der Waals surface area contributed by atoms with Crippen LogP contribution < -0.4 is 5.32 Å². The molecule has 1 amide bonds. The van der Waals surface area contributed by atoms with E-state index in [1.54, 1.807) is 11.0 Å². The zero-order chi connectivity index (χ0) is 17.4. The first-order valence-electron chi connectivity index (χ1n) is 8.40. The molecule has 2 heterocycles. The summed E-state index contributed by atoms with van der Waals surface area (Å²) in [6.07, 6.45) is 1.56. The van der Waals surface area contributed by atoms with Gasteiger partial charge < -0.3 is 20.1 Å². The van der Waals surface area contributed by atoms with Crippen LogP contribution in [0.5, 0.6) is 5.75 Å². The number of anilines is 1. The first kappa shape index (κ1) is 16.4. The third-order valence-electron chi connectivity index (χ3n) is 4.76. The molecular weight excluding hydrogens is 384 g/mol. The Kier molecular flexibility index (Phi) is 4.39. The number of nitrogens with one attached hydrogen (secondary N) is 1. The van der Waals surface area contributed by atoms with Crippen molar-refractivity contribution in [3.05, 3.63) is 58.1 Å². The second kappa shape index (κ2) is 6.69. The maximum Gasteiger partial charge on any atom is 0.257 e. The van der Waals surface area contributed by atoms with Gasteiger partial charge in [-0.25, -0.2) is 0 Å². The summed E-state index contributed by atoms with van der Waals surface area (Å²) in [5.74, 6) is 0.0961. The van der Waals surface area contributed by atoms with E-state index in [0.29, 0.717) is 22.1 Å². The summed E-state index contributed by atoms with van der Waals surface area (Å²) in [4.78, 5) is 14.9. The van der Waals surface area contributed by atoms with Crippen molar-refractivity contribution in [2.45, 2.75) is 25.1 Å². The number of amides is 1. The number of carbonyl (C=O) groups is 1. The minimum absolute atomic E-state index is 0.0350. The average Bonchev–Trinajstić information content (AvgIpc) is 3.13. The van der Waals surface area contributed by atoms with Crippen molar-refractivity contribution >= 4 is 27.5 Å². The van der Waals surface area contributed by atoms with Gasteiger partial charge in [-0.2, -0.15) is 0 Å². The fourth-order valence-corrected chi connectivity index (χ4v) is 3.87. The second-order valence-electron chi connectivity index (χ2n) is 6.36. The van der Waals surface area contributed by atoms with E-state index >= 15 is 0 Å². The highest BCUT2D eigenvalue weighted by Gasteiger charge is 2.36. The van der Waals surface area contributed by atoms with Gasteiger partial charge in [-0.15, -0.1) is 0 Å². The highest BCUT2D eigenvalue weighted by Crippen LogP contribution is 2.39. The van der Waals surface area contributed by atoms with E-state index in [4.69, 9.17) is 4.74 Å². The molecule has 6 heteroatoms. The molecule has 0 radical (unpaired) electrons. The van der Waals surface area contributed by atoms with Crippen LogP contribution in [0.2, 0.25) is 0 Å². The number of ether oxygens (including phenoxy) is 1. The van der Waals surface area contributed by atoms with E-state index in [9.17, 15) is 9.90 Å². The molecule has 1 fully saturated rings. The van der Waals surface area contributed by atoms with E-state index in [1.165, 1.54) is 0 Å².